The first kappa shape index (κ1) is 15.0. The van der Waals surface area contributed by atoms with Crippen molar-refractivity contribution in [2.45, 2.75) is 26.4 Å². The number of aromatic nitrogens is 5. The molecule has 0 radical (unpaired) electrons. The van der Waals surface area contributed by atoms with Gasteiger partial charge < -0.3 is 5.32 Å². The maximum Gasteiger partial charge on any atom is 0.254 e. The Morgan fingerprint density at radius 1 is 1.30 bits per heavy atom. The largest absolute Gasteiger partial charge is 0.345 e. The van der Waals surface area contributed by atoms with Crippen LogP contribution < -0.4 is 5.32 Å². The summed E-state index contributed by atoms with van der Waals surface area (Å²) in [5.41, 5.74) is 2.51. The molecule has 1 atom stereocenters. The molecule has 0 aliphatic rings. The molecule has 1 amide bonds. The van der Waals surface area contributed by atoms with Crippen molar-refractivity contribution in [1.29, 1.82) is 0 Å². The number of carbonyl (C=O) groups excluding carboxylic acids is 1. The molecule has 0 fully saturated rings. The lowest BCUT2D eigenvalue weighted by Gasteiger charge is -2.14. The second-order valence-electron chi connectivity index (χ2n) is 5.22. The number of amides is 1. The van der Waals surface area contributed by atoms with Gasteiger partial charge in [-0.2, -0.15) is 5.10 Å². The van der Waals surface area contributed by atoms with Crippen LogP contribution in [-0.4, -0.2) is 30.7 Å². The van der Waals surface area contributed by atoms with Crippen molar-refractivity contribution in [2.24, 2.45) is 0 Å². The molecule has 0 saturated carbocycles. The van der Waals surface area contributed by atoms with Gasteiger partial charge in [0.1, 0.15) is 0 Å². The minimum absolute atomic E-state index is 0.0997. The monoisotopic (exact) mass is 310 g/mol. The lowest BCUT2D eigenvalue weighted by Crippen LogP contribution is -2.26. The van der Waals surface area contributed by atoms with Gasteiger partial charge >= 0.3 is 0 Å². The number of hydrogen-bond acceptors (Lipinski definition) is 4. The Bertz CT molecular complexity index is 775. The molecule has 0 aliphatic carbocycles. The van der Waals surface area contributed by atoms with Gasteiger partial charge in [-0.05, 0) is 31.5 Å². The van der Waals surface area contributed by atoms with Gasteiger partial charge in [0.25, 0.3) is 5.91 Å². The molecule has 2 heterocycles. The van der Waals surface area contributed by atoms with E-state index in [9.17, 15) is 4.79 Å². The van der Waals surface area contributed by atoms with Gasteiger partial charge in [-0.25, -0.2) is 4.68 Å². The molecule has 7 nitrogen and oxygen atoms in total. The van der Waals surface area contributed by atoms with Gasteiger partial charge in [-0.3, -0.25) is 9.48 Å². The summed E-state index contributed by atoms with van der Waals surface area (Å²) in [4.78, 5) is 12.2. The molecule has 1 aromatic carbocycles. The van der Waals surface area contributed by atoms with Crippen molar-refractivity contribution in [3.8, 4) is 5.69 Å². The Morgan fingerprint density at radius 3 is 2.70 bits per heavy atom. The van der Waals surface area contributed by atoms with E-state index in [1.807, 2.05) is 38.1 Å². The summed E-state index contributed by atoms with van der Waals surface area (Å²) in [6.07, 6.45) is 6.74. The molecule has 23 heavy (non-hydrogen) atoms. The molecule has 7 heteroatoms. The Labute approximate surface area is 133 Å². The Balaban J connectivity index is 1.68. The van der Waals surface area contributed by atoms with Gasteiger partial charge in [0.05, 0.1) is 35.9 Å². The molecular weight excluding hydrogens is 292 g/mol. The van der Waals surface area contributed by atoms with Crippen molar-refractivity contribution in [3.63, 3.8) is 0 Å². The van der Waals surface area contributed by atoms with E-state index in [4.69, 9.17) is 0 Å². The van der Waals surface area contributed by atoms with Crippen LogP contribution in [-0.2, 0) is 6.54 Å². The smallest absolute Gasteiger partial charge is 0.254 e. The lowest BCUT2D eigenvalue weighted by molar-refractivity contribution is 0.0940. The molecule has 118 valence electrons. The summed E-state index contributed by atoms with van der Waals surface area (Å²) >= 11 is 0. The van der Waals surface area contributed by atoms with Gasteiger partial charge in [0.2, 0.25) is 0 Å². The summed E-state index contributed by atoms with van der Waals surface area (Å²) in [6, 6.07) is 7.73. The van der Waals surface area contributed by atoms with E-state index >= 15 is 0 Å². The standard InChI is InChI=1S/C16H18N6O/c1-3-21-11-14(10-18-21)16(23)19-12(2)13-4-6-15(7-5-13)22-9-8-17-20-22/h4-12H,3H2,1-2H3,(H,19,23)/t12-/m0/s1. The zero-order valence-electron chi connectivity index (χ0n) is 13.0. The van der Waals surface area contributed by atoms with Gasteiger partial charge in [-0.1, -0.05) is 17.3 Å². The molecule has 0 saturated heterocycles. The molecule has 0 unspecified atom stereocenters. The molecule has 1 N–H and O–H groups in total. The van der Waals surface area contributed by atoms with E-state index in [-0.39, 0.29) is 11.9 Å². The summed E-state index contributed by atoms with van der Waals surface area (Å²) < 4.78 is 3.42. The van der Waals surface area contributed by atoms with Crippen LogP contribution in [0.4, 0.5) is 0 Å². The summed E-state index contributed by atoms with van der Waals surface area (Å²) in [5, 5.41) is 14.8. The van der Waals surface area contributed by atoms with Crippen molar-refractivity contribution in [3.05, 3.63) is 60.2 Å². The first-order valence-electron chi connectivity index (χ1n) is 7.47. The quantitative estimate of drug-likeness (QED) is 0.781. The molecule has 2 aromatic heterocycles. The van der Waals surface area contributed by atoms with E-state index in [0.29, 0.717) is 5.56 Å². The SMILES string of the molecule is CCn1cc(C(=O)N[C@@H](C)c2ccc(-n3ccnn3)cc2)cn1. The highest BCUT2D eigenvalue weighted by Gasteiger charge is 2.13. The van der Waals surface area contributed by atoms with E-state index in [2.05, 4.69) is 20.7 Å². The topological polar surface area (TPSA) is 77.6 Å². The molecule has 0 aliphatic heterocycles. The Kier molecular flexibility index (Phi) is 4.18. The fourth-order valence-electron chi connectivity index (χ4n) is 2.28. The number of nitrogens with zero attached hydrogens (tertiary/aromatic N) is 5. The summed E-state index contributed by atoms with van der Waals surface area (Å²) in [7, 11) is 0. The maximum absolute atomic E-state index is 12.2. The number of aryl methyl sites for hydroxylation is 1. The van der Waals surface area contributed by atoms with Crippen molar-refractivity contribution < 1.29 is 4.79 Å². The first-order valence-corrected chi connectivity index (χ1v) is 7.47. The molecule has 0 spiro atoms. The van der Waals surface area contributed by atoms with Crippen molar-refractivity contribution in [2.75, 3.05) is 0 Å². The predicted molar refractivity (Wildman–Crippen MR) is 85.1 cm³/mol. The van der Waals surface area contributed by atoms with E-state index in [0.717, 1.165) is 17.8 Å². The van der Waals surface area contributed by atoms with E-state index in [1.54, 1.807) is 34.2 Å². The first-order chi connectivity index (χ1) is 11.2. The fourth-order valence-corrected chi connectivity index (χ4v) is 2.28. The lowest BCUT2D eigenvalue weighted by atomic mass is 10.1. The highest BCUT2D eigenvalue weighted by atomic mass is 16.1. The number of hydrogen-bond donors (Lipinski definition) is 1. The number of nitrogens with one attached hydrogen (secondary N) is 1. The fraction of sp³-hybridized carbons (Fsp3) is 0.250. The van der Waals surface area contributed by atoms with Crippen molar-refractivity contribution in [1.82, 2.24) is 30.1 Å². The second kappa shape index (κ2) is 6.43. The van der Waals surface area contributed by atoms with Gasteiger partial charge in [0.15, 0.2) is 0 Å². The third kappa shape index (κ3) is 3.28. The van der Waals surface area contributed by atoms with Crippen molar-refractivity contribution >= 4 is 5.91 Å². The van der Waals surface area contributed by atoms with Gasteiger partial charge in [0, 0.05) is 12.7 Å². The molecule has 3 aromatic rings. The van der Waals surface area contributed by atoms with E-state index < -0.39 is 0 Å². The minimum Gasteiger partial charge on any atom is -0.345 e. The van der Waals surface area contributed by atoms with E-state index in [1.165, 1.54) is 0 Å². The Hall–Kier alpha value is -2.96. The molecular formula is C16H18N6O. The average molecular weight is 310 g/mol. The zero-order valence-corrected chi connectivity index (χ0v) is 13.0. The van der Waals surface area contributed by atoms with Gasteiger partial charge in [-0.15, -0.1) is 5.10 Å². The minimum atomic E-state index is -0.127. The number of rotatable bonds is 5. The number of benzene rings is 1. The zero-order chi connectivity index (χ0) is 16.2. The average Bonchev–Trinajstić information content (AvgIpc) is 3.26. The normalized spacial score (nSPS) is 12.1. The Morgan fingerprint density at radius 2 is 2.09 bits per heavy atom. The van der Waals surface area contributed by atoms with Crippen LogP contribution in [0.5, 0.6) is 0 Å². The molecule has 0 bridgehead atoms. The third-order valence-corrected chi connectivity index (χ3v) is 3.65. The van der Waals surface area contributed by atoms with Crippen LogP contribution in [0.3, 0.4) is 0 Å². The van der Waals surface area contributed by atoms with Crippen LogP contribution in [0, 0.1) is 0 Å². The van der Waals surface area contributed by atoms with Crippen LogP contribution >= 0.6 is 0 Å². The number of carbonyl (C=O) groups is 1. The highest BCUT2D eigenvalue weighted by Crippen LogP contribution is 2.15. The van der Waals surface area contributed by atoms with Crippen LogP contribution in [0.15, 0.2) is 49.1 Å². The highest BCUT2D eigenvalue weighted by molar-refractivity contribution is 5.93. The predicted octanol–water partition coefficient (Wildman–Crippen LogP) is 1.97. The second-order valence-corrected chi connectivity index (χ2v) is 5.22. The van der Waals surface area contributed by atoms with Crippen LogP contribution in [0.1, 0.15) is 35.8 Å². The summed E-state index contributed by atoms with van der Waals surface area (Å²) in [5.74, 6) is -0.127. The maximum atomic E-state index is 12.2. The van der Waals surface area contributed by atoms with Crippen LogP contribution in [0.25, 0.3) is 5.69 Å². The third-order valence-electron chi connectivity index (χ3n) is 3.65. The summed E-state index contributed by atoms with van der Waals surface area (Å²) in [6.45, 7) is 4.67. The molecule has 3 rings (SSSR count). The van der Waals surface area contributed by atoms with Crippen LogP contribution in [0.2, 0.25) is 0 Å².